The first-order valence-electron chi connectivity index (χ1n) is 5.77. The summed E-state index contributed by atoms with van der Waals surface area (Å²) in [5.41, 5.74) is 0.186. The molecule has 3 rings (SSSR count). The van der Waals surface area contributed by atoms with Gasteiger partial charge in [-0.15, -0.1) is 11.3 Å². The van der Waals surface area contributed by atoms with Crippen molar-refractivity contribution in [2.45, 2.75) is 6.43 Å². The molecule has 2 heterocycles. The molecule has 0 amide bonds. The van der Waals surface area contributed by atoms with Crippen LogP contribution in [-0.2, 0) is 0 Å². The molecule has 4 nitrogen and oxygen atoms in total. The number of carboxylic acids is 1. The number of hydrogen-bond donors (Lipinski definition) is 1. The molecule has 0 bridgehead atoms. The van der Waals surface area contributed by atoms with Crippen LogP contribution in [0.15, 0.2) is 34.8 Å². The predicted octanol–water partition coefficient (Wildman–Crippen LogP) is 4.49. The van der Waals surface area contributed by atoms with Crippen LogP contribution in [0.3, 0.4) is 0 Å². The fourth-order valence-corrected chi connectivity index (χ4v) is 3.20. The number of fused-ring (bicyclic) bond motifs is 1. The van der Waals surface area contributed by atoms with Crippen LogP contribution < -0.4 is 0 Å². The summed E-state index contributed by atoms with van der Waals surface area (Å²) in [4.78, 5) is 11.4. The molecular formula is C13H7BrF2N2O2S. The maximum atomic E-state index is 13.1. The Kier molecular flexibility index (Phi) is 3.50. The lowest BCUT2D eigenvalue weighted by Gasteiger charge is -2.02. The Labute approximate surface area is 129 Å². The number of benzene rings is 1. The quantitative estimate of drug-likeness (QED) is 0.736. The molecule has 0 aliphatic carbocycles. The summed E-state index contributed by atoms with van der Waals surface area (Å²) in [6.45, 7) is 0. The summed E-state index contributed by atoms with van der Waals surface area (Å²) >= 11 is 4.22. The van der Waals surface area contributed by atoms with Crippen molar-refractivity contribution in [3.63, 3.8) is 0 Å². The molecule has 0 aliphatic rings. The van der Waals surface area contributed by atoms with Crippen LogP contribution in [0.25, 0.3) is 15.9 Å². The molecule has 21 heavy (non-hydrogen) atoms. The topological polar surface area (TPSA) is 55.1 Å². The Bertz CT molecular complexity index is 827. The largest absolute Gasteiger partial charge is 0.477 e. The van der Waals surface area contributed by atoms with E-state index in [2.05, 4.69) is 21.0 Å². The van der Waals surface area contributed by atoms with Gasteiger partial charge < -0.3 is 5.11 Å². The number of rotatable bonds is 3. The molecule has 0 atom stereocenters. The number of thiophene rings is 1. The molecule has 0 fully saturated rings. The lowest BCUT2D eigenvalue weighted by molar-refractivity contribution is 0.0702. The average Bonchev–Trinajstić information content (AvgIpc) is 2.98. The van der Waals surface area contributed by atoms with Crippen LogP contribution in [0.2, 0.25) is 0 Å². The Morgan fingerprint density at radius 1 is 1.33 bits per heavy atom. The fourth-order valence-electron chi connectivity index (χ4n) is 1.95. The number of nitrogens with zero attached hydrogens (tertiary/aromatic N) is 2. The number of halogens is 3. The van der Waals surface area contributed by atoms with Crippen molar-refractivity contribution < 1.29 is 18.7 Å². The second-order valence-corrected chi connectivity index (χ2v) is 6.16. The lowest BCUT2D eigenvalue weighted by Crippen LogP contribution is -1.97. The third kappa shape index (κ3) is 2.44. The van der Waals surface area contributed by atoms with Crippen LogP contribution in [0.4, 0.5) is 8.78 Å². The van der Waals surface area contributed by atoms with Crippen LogP contribution >= 0.6 is 27.3 Å². The highest BCUT2D eigenvalue weighted by molar-refractivity contribution is 9.10. The van der Waals surface area contributed by atoms with Gasteiger partial charge in [-0.3, -0.25) is 0 Å². The number of alkyl halides is 2. The zero-order valence-corrected chi connectivity index (χ0v) is 12.7. The van der Waals surface area contributed by atoms with Crippen LogP contribution in [-0.4, -0.2) is 20.9 Å². The van der Waals surface area contributed by atoms with Gasteiger partial charge >= 0.3 is 5.97 Å². The third-order valence-corrected chi connectivity index (χ3v) is 4.50. The number of aromatic carboxylic acids is 1. The maximum absolute atomic E-state index is 13.1. The number of carboxylic acid groups (broad SMARTS) is 1. The molecule has 0 aliphatic heterocycles. The van der Waals surface area contributed by atoms with Crippen molar-refractivity contribution in [1.82, 2.24) is 9.78 Å². The molecule has 0 spiro atoms. The molecule has 0 unspecified atom stereocenters. The van der Waals surface area contributed by atoms with Gasteiger partial charge in [-0.1, -0.05) is 15.9 Å². The van der Waals surface area contributed by atoms with E-state index < -0.39 is 18.1 Å². The van der Waals surface area contributed by atoms with E-state index in [9.17, 15) is 13.6 Å². The van der Waals surface area contributed by atoms with Gasteiger partial charge in [0.05, 0.1) is 5.69 Å². The van der Waals surface area contributed by atoms with Gasteiger partial charge in [0, 0.05) is 9.86 Å². The Hall–Kier alpha value is -1.80. The van der Waals surface area contributed by atoms with Gasteiger partial charge in [-0.2, -0.15) is 5.10 Å². The van der Waals surface area contributed by atoms with Crippen molar-refractivity contribution in [3.05, 3.63) is 45.4 Å². The minimum Gasteiger partial charge on any atom is -0.477 e. The summed E-state index contributed by atoms with van der Waals surface area (Å²) in [7, 11) is 0. The van der Waals surface area contributed by atoms with E-state index in [4.69, 9.17) is 5.11 Å². The Morgan fingerprint density at radius 2 is 2.00 bits per heavy atom. The Balaban J connectivity index is 2.26. The first kappa shape index (κ1) is 14.2. The van der Waals surface area contributed by atoms with Gasteiger partial charge in [-0.25, -0.2) is 18.3 Å². The van der Waals surface area contributed by atoms with E-state index in [1.165, 1.54) is 10.7 Å². The highest BCUT2D eigenvalue weighted by Gasteiger charge is 2.23. The SMILES string of the molecule is O=C(O)c1cc2c(C(F)F)nn(-c3ccc(Br)cc3)c2s1. The normalized spacial score (nSPS) is 11.4. The minimum absolute atomic E-state index is 0.00941. The molecule has 108 valence electrons. The maximum Gasteiger partial charge on any atom is 0.345 e. The molecule has 1 N–H and O–H groups in total. The van der Waals surface area contributed by atoms with Gasteiger partial charge in [-0.05, 0) is 30.3 Å². The summed E-state index contributed by atoms with van der Waals surface area (Å²) in [5.74, 6) is -1.14. The van der Waals surface area contributed by atoms with Gasteiger partial charge in [0.2, 0.25) is 0 Å². The fraction of sp³-hybridized carbons (Fsp3) is 0.0769. The van der Waals surface area contributed by atoms with E-state index in [0.717, 1.165) is 15.8 Å². The smallest absolute Gasteiger partial charge is 0.345 e. The first-order valence-corrected chi connectivity index (χ1v) is 7.38. The molecule has 0 saturated carbocycles. The second-order valence-electron chi connectivity index (χ2n) is 4.21. The van der Waals surface area contributed by atoms with Crippen molar-refractivity contribution in [3.8, 4) is 5.69 Å². The first-order chi connectivity index (χ1) is 9.97. The minimum atomic E-state index is -2.76. The summed E-state index contributed by atoms with van der Waals surface area (Å²) in [5, 5.41) is 13.1. The number of carbonyl (C=O) groups is 1. The third-order valence-electron chi connectivity index (χ3n) is 2.88. The summed E-state index contributed by atoms with van der Waals surface area (Å²) in [6.07, 6.45) is -2.76. The second kappa shape index (κ2) is 5.19. The summed E-state index contributed by atoms with van der Waals surface area (Å²) < 4.78 is 28.3. The van der Waals surface area contributed by atoms with E-state index in [0.29, 0.717) is 10.5 Å². The number of hydrogen-bond acceptors (Lipinski definition) is 3. The van der Waals surface area contributed by atoms with Crippen LogP contribution in [0, 0.1) is 0 Å². The van der Waals surface area contributed by atoms with Crippen LogP contribution in [0.1, 0.15) is 21.8 Å². The standard InChI is InChI=1S/C13H7BrF2N2O2S/c14-6-1-3-7(4-2-6)18-12-8(10(17-18)11(15)16)5-9(21-12)13(19)20/h1-5,11H,(H,19,20). The van der Waals surface area contributed by atoms with Gasteiger partial charge in [0.25, 0.3) is 6.43 Å². The van der Waals surface area contributed by atoms with Crippen LogP contribution in [0.5, 0.6) is 0 Å². The lowest BCUT2D eigenvalue weighted by atomic mass is 10.3. The van der Waals surface area contributed by atoms with Gasteiger partial charge in [0.1, 0.15) is 15.4 Å². The molecule has 0 saturated heterocycles. The zero-order chi connectivity index (χ0) is 15.1. The zero-order valence-electron chi connectivity index (χ0n) is 10.3. The Morgan fingerprint density at radius 3 is 2.57 bits per heavy atom. The van der Waals surface area contributed by atoms with E-state index in [1.807, 2.05) is 0 Å². The predicted molar refractivity (Wildman–Crippen MR) is 78.6 cm³/mol. The molecule has 8 heteroatoms. The van der Waals surface area contributed by atoms with Crippen molar-refractivity contribution in [2.75, 3.05) is 0 Å². The van der Waals surface area contributed by atoms with E-state index in [-0.39, 0.29) is 10.3 Å². The highest BCUT2D eigenvalue weighted by atomic mass is 79.9. The van der Waals surface area contributed by atoms with Gasteiger partial charge in [0.15, 0.2) is 0 Å². The molecule has 2 aromatic heterocycles. The molecule has 1 aromatic carbocycles. The van der Waals surface area contributed by atoms with Crippen molar-refractivity contribution >= 4 is 43.5 Å². The van der Waals surface area contributed by atoms with E-state index in [1.54, 1.807) is 24.3 Å². The molecular weight excluding hydrogens is 366 g/mol. The number of aromatic nitrogens is 2. The average molecular weight is 373 g/mol. The summed E-state index contributed by atoms with van der Waals surface area (Å²) in [6, 6.07) is 8.19. The van der Waals surface area contributed by atoms with Crippen molar-refractivity contribution in [2.24, 2.45) is 0 Å². The molecule has 3 aromatic rings. The monoisotopic (exact) mass is 372 g/mol. The highest BCUT2D eigenvalue weighted by Crippen LogP contribution is 2.35. The molecule has 0 radical (unpaired) electrons. The van der Waals surface area contributed by atoms with E-state index >= 15 is 0 Å². The van der Waals surface area contributed by atoms with Crippen molar-refractivity contribution in [1.29, 1.82) is 0 Å².